The zero-order valence-electron chi connectivity index (χ0n) is 13.4. The van der Waals surface area contributed by atoms with Crippen LogP contribution >= 0.6 is 0 Å². The van der Waals surface area contributed by atoms with Crippen LogP contribution in [0.1, 0.15) is 55.8 Å². The number of nitrogens with one attached hydrogen (secondary N) is 1. The summed E-state index contributed by atoms with van der Waals surface area (Å²) in [6.45, 7) is 4.01. The molecule has 1 aromatic carbocycles. The highest BCUT2D eigenvalue weighted by molar-refractivity contribution is 5.94. The number of hydrogen-bond donors (Lipinski definition) is 1. The van der Waals surface area contributed by atoms with Gasteiger partial charge in [0.1, 0.15) is 0 Å². The van der Waals surface area contributed by atoms with Crippen molar-refractivity contribution in [2.45, 2.75) is 45.4 Å². The van der Waals surface area contributed by atoms with Crippen LogP contribution in [-0.2, 0) is 0 Å². The number of carbonyl (C=O) groups is 1. The van der Waals surface area contributed by atoms with Crippen LogP contribution in [0.4, 0.5) is 5.69 Å². The highest BCUT2D eigenvalue weighted by Crippen LogP contribution is 2.24. The topological polar surface area (TPSA) is 32.3 Å². The van der Waals surface area contributed by atoms with E-state index < -0.39 is 0 Å². The zero-order chi connectivity index (χ0) is 15.1. The fourth-order valence-corrected chi connectivity index (χ4v) is 3.06. The van der Waals surface area contributed by atoms with Crippen LogP contribution in [-0.4, -0.2) is 30.9 Å². The third-order valence-electron chi connectivity index (χ3n) is 4.31. The van der Waals surface area contributed by atoms with Gasteiger partial charge < -0.3 is 10.2 Å². The van der Waals surface area contributed by atoms with Gasteiger partial charge in [-0.25, -0.2) is 0 Å². The lowest BCUT2D eigenvalue weighted by atomic mass is 9.89. The molecule has 21 heavy (non-hydrogen) atoms. The lowest BCUT2D eigenvalue weighted by molar-refractivity contribution is 0.0760. The summed E-state index contributed by atoms with van der Waals surface area (Å²) in [4.78, 5) is 14.3. The molecule has 0 unspecified atom stereocenters. The van der Waals surface area contributed by atoms with Gasteiger partial charge in [-0.1, -0.05) is 26.2 Å². The molecule has 3 nitrogen and oxygen atoms in total. The lowest BCUT2D eigenvalue weighted by Gasteiger charge is -2.27. The predicted molar refractivity (Wildman–Crippen MR) is 88.8 cm³/mol. The monoisotopic (exact) mass is 288 g/mol. The molecule has 0 bridgehead atoms. The maximum Gasteiger partial charge on any atom is 0.253 e. The van der Waals surface area contributed by atoms with Gasteiger partial charge in [-0.3, -0.25) is 4.79 Å². The number of anilines is 1. The molecular formula is C18H28N2O. The van der Waals surface area contributed by atoms with Crippen LogP contribution in [0.15, 0.2) is 24.3 Å². The Morgan fingerprint density at radius 2 is 1.86 bits per heavy atom. The van der Waals surface area contributed by atoms with E-state index in [2.05, 4.69) is 12.2 Å². The van der Waals surface area contributed by atoms with Gasteiger partial charge in [0.05, 0.1) is 0 Å². The van der Waals surface area contributed by atoms with E-state index >= 15 is 0 Å². The Morgan fingerprint density at radius 3 is 2.48 bits per heavy atom. The quantitative estimate of drug-likeness (QED) is 0.852. The van der Waals surface area contributed by atoms with Crippen molar-refractivity contribution >= 4 is 11.6 Å². The number of amides is 1. The van der Waals surface area contributed by atoms with Gasteiger partial charge in [0, 0.05) is 31.4 Å². The smallest absolute Gasteiger partial charge is 0.253 e. The van der Waals surface area contributed by atoms with Crippen LogP contribution in [0.2, 0.25) is 0 Å². The number of hydrogen-bond acceptors (Lipinski definition) is 2. The molecule has 0 spiro atoms. The summed E-state index contributed by atoms with van der Waals surface area (Å²) in [6.07, 6.45) is 7.66. The minimum Gasteiger partial charge on any atom is -0.385 e. The third kappa shape index (κ3) is 4.76. The fraction of sp³-hybridized carbons (Fsp3) is 0.611. The molecule has 0 heterocycles. The summed E-state index contributed by atoms with van der Waals surface area (Å²) >= 11 is 0. The standard InChI is InChI=1S/C18H28N2O/c1-3-13-19-17-11-9-16(10-12-17)18(21)20(2)14-15-7-5-4-6-8-15/h9-12,15,19H,3-8,13-14H2,1-2H3. The van der Waals surface area contributed by atoms with Crippen LogP contribution in [0.3, 0.4) is 0 Å². The maximum atomic E-state index is 12.4. The fourth-order valence-electron chi connectivity index (χ4n) is 3.06. The van der Waals surface area contributed by atoms with Gasteiger partial charge in [0.25, 0.3) is 5.91 Å². The number of carbonyl (C=O) groups excluding carboxylic acids is 1. The second-order valence-corrected chi connectivity index (χ2v) is 6.19. The first-order valence-electron chi connectivity index (χ1n) is 8.30. The van der Waals surface area contributed by atoms with Crippen molar-refractivity contribution in [3.8, 4) is 0 Å². The van der Waals surface area contributed by atoms with Gasteiger partial charge >= 0.3 is 0 Å². The molecule has 1 fully saturated rings. The zero-order valence-corrected chi connectivity index (χ0v) is 13.4. The van der Waals surface area contributed by atoms with E-state index in [9.17, 15) is 4.79 Å². The van der Waals surface area contributed by atoms with E-state index in [1.807, 2.05) is 36.2 Å². The Bertz CT molecular complexity index is 435. The minimum absolute atomic E-state index is 0.141. The summed E-state index contributed by atoms with van der Waals surface area (Å²) in [5.74, 6) is 0.834. The second-order valence-electron chi connectivity index (χ2n) is 6.19. The van der Waals surface area contributed by atoms with Gasteiger partial charge in [-0.05, 0) is 49.4 Å². The van der Waals surface area contributed by atoms with Crippen molar-refractivity contribution in [3.63, 3.8) is 0 Å². The summed E-state index contributed by atoms with van der Waals surface area (Å²) in [7, 11) is 1.93. The summed E-state index contributed by atoms with van der Waals surface area (Å²) in [5, 5.41) is 3.33. The van der Waals surface area contributed by atoms with Crippen molar-refractivity contribution in [2.75, 3.05) is 25.5 Å². The largest absolute Gasteiger partial charge is 0.385 e. The van der Waals surface area contributed by atoms with Crippen molar-refractivity contribution < 1.29 is 4.79 Å². The molecule has 0 aromatic heterocycles. The molecule has 1 amide bonds. The molecule has 3 heteroatoms. The van der Waals surface area contributed by atoms with Crippen LogP contribution in [0.5, 0.6) is 0 Å². The molecule has 1 saturated carbocycles. The van der Waals surface area contributed by atoms with E-state index in [4.69, 9.17) is 0 Å². The Balaban J connectivity index is 1.88. The van der Waals surface area contributed by atoms with E-state index in [0.29, 0.717) is 5.92 Å². The van der Waals surface area contributed by atoms with E-state index in [1.165, 1.54) is 32.1 Å². The van der Waals surface area contributed by atoms with Crippen molar-refractivity contribution in [1.29, 1.82) is 0 Å². The average Bonchev–Trinajstić information content (AvgIpc) is 2.53. The summed E-state index contributed by atoms with van der Waals surface area (Å²) in [6, 6.07) is 7.85. The first kappa shape index (κ1) is 15.9. The normalized spacial score (nSPS) is 15.7. The molecule has 1 aliphatic rings. The molecule has 1 N–H and O–H groups in total. The van der Waals surface area contributed by atoms with Crippen LogP contribution < -0.4 is 5.32 Å². The van der Waals surface area contributed by atoms with E-state index in [1.54, 1.807) is 0 Å². The van der Waals surface area contributed by atoms with Gasteiger partial charge in [-0.15, -0.1) is 0 Å². The SMILES string of the molecule is CCCNc1ccc(C(=O)N(C)CC2CCCCC2)cc1. The molecule has 2 rings (SSSR count). The maximum absolute atomic E-state index is 12.4. The van der Waals surface area contributed by atoms with Crippen molar-refractivity contribution in [2.24, 2.45) is 5.92 Å². The van der Waals surface area contributed by atoms with Crippen molar-refractivity contribution in [3.05, 3.63) is 29.8 Å². The Morgan fingerprint density at radius 1 is 1.19 bits per heavy atom. The molecule has 116 valence electrons. The molecule has 0 atom stereocenters. The van der Waals surface area contributed by atoms with E-state index in [0.717, 1.165) is 30.8 Å². The Labute approximate surface area is 128 Å². The summed E-state index contributed by atoms with van der Waals surface area (Å²) < 4.78 is 0. The first-order valence-corrected chi connectivity index (χ1v) is 8.30. The summed E-state index contributed by atoms with van der Waals surface area (Å²) in [5.41, 5.74) is 1.87. The lowest BCUT2D eigenvalue weighted by Crippen LogP contribution is -2.32. The Hall–Kier alpha value is -1.51. The number of rotatable bonds is 6. The highest BCUT2D eigenvalue weighted by Gasteiger charge is 2.19. The minimum atomic E-state index is 0.141. The number of benzene rings is 1. The van der Waals surface area contributed by atoms with Crippen molar-refractivity contribution in [1.82, 2.24) is 4.90 Å². The highest BCUT2D eigenvalue weighted by atomic mass is 16.2. The van der Waals surface area contributed by atoms with Crippen LogP contribution in [0.25, 0.3) is 0 Å². The van der Waals surface area contributed by atoms with Gasteiger partial charge in [0.15, 0.2) is 0 Å². The molecule has 1 aliphatic carbocycles. The van der Waals surface area contributed by atoms with E-state index in [-0.39, 0.29) is 5.91 Å². The Kier molecular flexibility index (Phi) is 6.09. The molecule has 0 radical (unpaired) electrons. The second kappa shape index (κ2) is 8.06. The van der Waals surface area contributed by atoms with Gasteiger partial charge in [-0.2, -0.15) is 0 Å². The number of nitrogens with zero attached hydrogens (tertiary/aromatic N) is 1. The first-order chi connectivity index (χ1) is 10.2. The predicted octanol–water partition coefficient (Wildman–Crippen LogP) is 4.16. The molecule has 1 aromatic rings. The molecule has 0 saturated heterocycles. The third-order valence-corrected chi connectivity index (χ3v) is 4.31. The van der Waals surface area contributed by atoms with Crippen LogP contribution in [0, 0.1) is 5.92 Å². The van der Waals surface area contributed by atoms with Gasteiger partial charge in [0.2, 0.25) is 0 Å². The molecular weight excluding hydrogens is 260 g/mol. The molecule has 0 aliphatic heterocycles. The average molecular weight is 288 g/mol.